The van der Waals surface area contributed by atoms with Crippen LogP contribution in [0.3, 0.4) is 0 Å². The molecule has 3 rings (SSSR count). The zero-order chi connectivity index (χ0) is 25.2. The number of likely N-dealkylation sites (N-methyl/N-ethyl adjacent to an activating group) is 1. The lowest BCUT2D eigenvalue weighted by molar-refractivity contribution is -0.123. The molecule has 0 atom stereocenters. The molecule has 10 nitrogen and oxygen atoms in total. The molecule has 34 heavy (non-hydrogen) atoms. The average Bonchev–Trinajstić information content (AvgIpc) is 3.05. The van der Waals surface area contributed by atoms with E-state index in [9.17, 15) is 22.8 Å². The van der Waals surface area contributed by atoms with Crippen LogP contribution in [0.1, 0.15) is 16.1 Å². The molecule has 180 valence electrons. The van der Waals surface area contributed by atoms with Crippen LogP contribution >= 0.6 is 11.6 Å². The van der Waals surface area contributed by atoms with Gasteiger partial charge in [0.25, 0.3) is 21.5 Å². The van der Waals surface area contributed by atoms with Crippen LogP contribution in [0, 0.1) is 6.92 Å². The summed E-state index contributed by atoms with van der Waals surface area (Å²) in [7, 11) is 0.0140. The molecule has 2 aromatic carbocycles. The predicted molar refractivity (Wildman–Crippen MR) is 127 cm³/mol. The molecule has 1 heterocycles. The number of ether oxygens (including phenoxy) is 1. The van der Waals surface area contributed by atoms with E-state index in [1.165, 1.54) is 30.9 Å². The minimum absolute atomic E-state index is 0.0502. The molecule has 1 aromatic heterocycles. The highest BCUT2D eigenvalue weighted by Gasteiger charge is 2.30. The quantitative estimate of drug-likeness (QED) is 0.488. The zero-order valence-electron chi connectivity index (χ0n) is 18.9. The van der Waals surface area contributed by atoms with Crippen molar-refractivity contribution in [1.82, 2.24) is 14.7 Å². The smallest absolute Gasteiger partial charge is 0.340 e. The van der Waals surface area contributed by atoms with Crippen molar-refractivity contribution >= 4 is 39.2 Å². The van der Waals surface area contributed by atoms with E-state index in [2.05, 4.69) is 5.32 Å². The number of nitrogens with zero attached hydrogens (tertiary/aromatic N) is 3. The van der Waals surface area contributed by atoms with Crippen LogP contribution in [0.2, 0.25) is 5.02 Å². The van der Waals surface area contributed by atoms with Crippen molar-refractivity contribution in [2.75, 3.05) is 25.0 Å². The lowest BCUT2D eigenvalue weighted by Gasteiger charge is -2.18. The van der Waals surface area contributed by atoms with Gasteiger partial charge in [-0.2, -0.15) is 0 Å². The number of carbonyl (C=O) groups excluding carboxylic acids is 2. The maximum absolute atomic E-state index is 13.4. The van der Waals surface area contributed by atoms with Gasteiger partial charge in [0.05, 0.1) is 26.9 Å². The van der Waals surface area contributed by atoms with Gasteiger partial charge in [-0.1, -0.05) is 29.8 Å². The second-order valence-corrected chi connectivity index (χ2v) is 9.65. The Bertz CT molecular complexity index is 1410. The van der Waals surface area contributed by atoms with Crippen LogP contribution in [0.5, 0.6) is 0 Å². The van der Waals surface area contributed by atoms with Gasteiger partial charge < -0.3 is 10.1 Å². The van der Waals surface area contributed by atoms with Gasteiger partial charge in [-0.05, 0) is 37.3 Å². The normalized spacial score (nSPS) is 11.2. The van der Waals surface area contributed by atoms with E-state index in [-0.39, 0.29) is 21.2 Å². The fourth-order valence-corrected chi connectivity index (χ4v) is 4.77. The Morgan fingerprint density at radius 2 is 1.79 bits per heavy atom. The van der Waals surface area contributed by atoms with E-state index in [1.807, 2.05) is 0 Å². The second-order valence-electron chi connectivity index (χ2n) is 7.27. The highest BCUT2D eigenvalue weighted by molar-refractivity contribution is 7.92. The maximum Gasteiger partial charge on any atom is 0.340 e. The van der Waals surface area contributed by atoms with Crippen molar-refractivity contribution in [3.05, 3.63) is 75.2 Å². The number of rotatable bonds is 7. The first kappa shape index (κ1) is 25.1. The van der Waals surface area contributed by atoms with Crippen LogP contribution in [0.15, 0.2) is 58.2 Å². The lowest BCUT2D eigenvalue weighted by atomic mass is 10.2. The summed E-state index contributed by atoms with van der Waals surface area (Å²) in [6.45, 7) is 1.08. The molecule has 0 fully saturated rings. The Morgan fingerprint density at radius 3 is 2.41 bits per heavy atom. The molecule has 0 bridgehead atoms. The van der Waals surface area contributed by atoms with Crippen LogP contribution in [-0.2, 0) is 26.6 Å². The van der Waals surface area contributed by atoms with Crippen molar-refractivity contribution in [1.29, 1.82) is 0 Å². The summed E-state index contributed by atoms with van der Waals surface area (Å²) >= 11 is 6.06. The number of aromatic nitrogens is 2. The number of para-hydroxylation sites is 1. The first-order chi connectivity index (χ1) is 16.0. The highest BCUT2D eigenvalue weighted by atomic mass is 35.5. The van der Waals surface area contributed by atoms with Crippen molar-refractivity contribution in [3.63, 3.8) is 0 Å². The third-order valence-electron chi connectivity index (χ3n) is 5.27. The van der Waals surface area contributed by atoms with Crippen LogP contribution in [0.4, 0.5) is 5.69 Å². The SMILES string of the molecule is CNC(=O)COC(=O)c1cc(S(=O)(=O)N(C)c2c(C)n(C)n(-c3ccccc3)c2=O)ccc1Cl. The number of esters is 1. The summed E-state index contributed by atoms with van der Waals surface area (Å²) in [6, 6.07) is 12.3. The van der Waals surface area contributed by atoms with Crippen LogP contribution in [0.25, 0.3) is 5.69 Å². The fourth-order valence-electron chi connectivity index (χ4n) is 3.30. The lowest BCUT2D eigenvalue weighted by Crippen LogP contribution is -2.32. The fraction of sp³-hybridized carbons (Fsp3) is 0.227. The molecule has 1 amide bonds. The zero-order valence-corrected chi connectivity index (χ0v) is 20.5. The van der Waals surface area contributed by atoms with Gasteiger partial charge in [0, 0.05) is 21.1 Å². The Balaban J connectivity index is 2.03. The first-order valence-corrected chi connectivity index (χ1v) is 11.8. The monoisotopic (exact) mass is 506 g/mol. The predicted octanol–water partition coefficient (Wildman–Crippen LogP) is 1.87. The Kier molecular flexibility index (Phi) is 7.18. The number of carbonyl (C=O) groups is 2. The van der Waals surface area contributed by atoms with Gasteiger partial charge in [-0.15, -0.1) is 0 Å². The standard InChI is InChI=1S/C22H23ClN4O6S/c1-14-20(21(29)27(25(14)3)15-8-6-5-7-9-15)26(4)34(31,32)16-10-11-18(23)17(12-16)22(30)33-13-19(28)24-2/h5-12H,13H2,1-4H3,(H,24,28). The summed E-state index contributed by atoms with van der Waals surface area (Å²) in [5.41, 5.74) is 0.176. The number of benzene rings is 2. The second kappa shape index (κ2) is 9.74. The molecule has 0 spiro atoms. The van der Waals surface area contributed by atoms with Gasteiger partial charge in [0.15, 0.2) is 6.61 Å². The van der Waals surface area contributed by atoms with Crippen molar-refractivity contribution in [3.8, 4) is 5.69 Å². The van der Waals surface area contributed by atoms with Gasteiger partial charge in [-0.25, -0.2) is 17.9 Å². The van der Waals surface area contributed by atoms with Crippen LogP contribution < -0.4 is 15.2 Å². The molecule has 0 aliphatic carbocycles. The molecule has 0 unspecified atom stereocenters. The topological polar surface area (TPSA) is 120 Å². The molecule has 0 aliphatic rings. The molecule has 0 aliphatic heterocycles. The Morgan fingerprint density at radius 1 is 1.15 bits per heavy atom. The van der Waals surface area contributed by atoms with Crippen LogP contribution in [-0.4, -0.2) is 50.4 Å². The summed E-state index contributed by atoms with van der Waals surface area (Å²) in [4.78, 5) is 36.7. The maximum atomic E-state index is 13.4. The Hall–Kier alpha value is -3.57. The minimum atomic E-state index is -4.27. The third-order valence-corrected chi connectivity index (χ3v) is 7.35. The molecule has 12 heteroatoms. The van der Waals surface area contributed by atoms with E-state index in [1.54, 1.807) is 49.0 Å². The van der Waals surface area contributed by atoms with E-state index < -0.39 is 34.1 Å². The molecular weight excluding hydrogens is 484 g/mol. The van der Waals surface area contributed by atoms with Crippen molar-refractivity contribution in [2.45, 2.75) is 11.8 Å². The average molecular weight is 507 g/mol. The molecule has 1 N–H and O–H groups in total. The first-order valence-electron chi connectivity index (χ1n) is 10.0. The minimum Gasteiger partial charge on any atom is -0.452 e. The summed E-state index contributed by atoms with van der Waals surface area (Å²) < 4.78 is 35.5. The number of hydrogen-bond donors (Lipinski definition) is 1. The molecule has 0 saturated heterocycles. The van der Waals surface area contributed by atoms with Gasteiger partial charge in [0.1, 0.15) is 5.69 Å². The van der Waals surface area contributed by atoms with Gasteiger partial charge in [0.2, 0.25) is 0 Å². The summed E-state index contributed by atoms with van der Waals surface area (Å²) in [6.07, 6.45) is 0. The molecule has 0 radical (unpaired) electrons. The Labute approximate surface area is 201 Å². The number of amides is 1. The third kappa shape index (κ3) is 4.57. The highest BCUT2D eigenvalue weighted by Crippen LogP contribution is 2.27. The number of anilines is 1. The summed E-state index contributed by atoms with van der Waals surface area (Å²) in [5.74, 6) is -1.50. The number of halogens is 1. The number of sulfonamides is 1. The molecule has 0 saturated carbocycles. The largest absolute Gasteiger partial charge is 0.452 e. The van der Waals surface area contributed by atoms with Gasteiger partial charge in [-0.3, -0.25) is 18.6 Å². The van der Waals surface area contributed by atoms with Crippen molar-refractivity contribution in [2.24, 2.45) is 7.05 Å². The van der Waals surface area contributed by atoms with Crippen molar-refractivity contribution < 1.29 is 22.7 Å². The van der Waals surface area contributed by atoms with E-state index in [0.717, 1.165) is 10.4 Å². The number of hydrogen-bond acceptors (Lipinski definition) is 6. The van der Waals surface area contributed by atoms with E-state index in [4.69, 9.17) is 16.3 Å². The van der Waals surface area contributed by atoms with E-state index >= 15 is 0 Å². The van der Waals surface area contributed by atoms with Gasteiger partial charge >= 0.3 is 5.97 Å². The molecule has 3 aromatic rings. The van der Waals surface area contributed by atoms with E-state index in [0.29, 0.717) is 11.4 Å². The molecular formula is C22H23ClN4O6S. The number of nitrogens with one attached hydrogen (secondary N) is 1. The summed E-state index contributed by atoms with van der Waals surface area (Å²) in [5, 5.41) is 2.25.